The molecule has 0 atom stereocenters. The van der Waals surface area contributed by atoms with Crippen LogP contribution in [0.15, 0.2) is 49.1 Å². The van der Waals surface area contributed by atoms with Crippen molar-refractivity contribution in [3.05, 3.63) is 65.5 Å². The SMILES string of the molecule is CCCOc1c(Cl)cc(C(=O)Nc2ccc(-n3ccnc3)c(F)c2)cc1OCC. The minimum absolute atomic E-state index is 0.274. The molecule has 0 bridgehead atoms. The van der Waals surface area contributed by atoms with Crippen molar-refractivity contribution in [1.82, 2.24) is 9.55 Å². The third-order valence-corrected chi connectivity index (χ3v) is 4.29. The van der Waals surface area contributed by atoms with Gasteiger partial charge in [-0.1, -0.05) is 18.5 Å². The summed E-state index contributed by atoms with van der Waals surface area (Å²) >= 11 is 6.30. The van der Waals surface area contributed by atoms with Crippen LogP contribution in [0.3, 0.4) is 0 Å². The molecule has 3 rings (SSSR count). The molecular formula is C21H21ClFN3O3. The van der Waals surface area contributed by atoms with Gasteiger partial charge in [0.2, 0.25) is 0 Å². The first-order chi connectivity index (χ1) is 14.0. The molecule has 0 saturated heterocycles. The molecule has 1 aromatic heterocycles. The molecule has 0 spiro atoms. The van der Waals surface area contributed by atoms with E-state index < -0.39 is 11.7 Å². The Morgan fingerprint density at radius 3 is 2.72 bits per heavy atom. The number of aromatic nitrogens is 2. The quantitative estimate of drug-likeness (QED) is 0.553. The molecule has 0 saturated carbocycles. The highest BCUT2D eigenvalue weighted by atomic mass is 35.5. The fourth-order valence-corrected chi connectivity index (χ4v) is 2.97. The van der Waals surface area contributed by atoms with Crippen LogP contribution in [0.4, 0.5) is 10.1 Å². The normalized spacial score (nSPS) is 10.6. The third kappa shape index (κ3) is 4.86. The fraction of sp³-hybridized carbons (Fsp3) is 0.238. The van der Waals surface area contributed by atoms with Gasteiger partial charge in [-0.15, -0.1) is 0 Å². The summed E-state index contributed by atoms with van der Waals surface area (Å²) in [6.07, 6.45) is 5.50. The predicted octanol–water partition coefficient (Wildman–Crippen LogP) is 5.10. The van der Waals surface area contributed by atoms with Gasteiger partial charge in [0.25, 0.3) is 5.91 Å². The van der Waals surface area contributed by atoms with Crippen molar-refractivity contribution in [3.8, 4) is 17.2 Å². The first kappa shape index (κ1) is 20.7. The minimum atomic E-state index is -0.489. The van der Waals surface area contributed by atoms with Crippen LogP contribution in [0, 0.1) is 5.82 Å². The highest BCUT2D eigenvalue weighted by Crippen LogP contribution is 2.37. The monoisotopic (exact) mass is 417 g/mol. The van der Waals surface area contributed by atoms with E-state index in [9.17, 15) is 9.18 Å². The molecule has 0 fully saturated rings. The number of imidazole rings is 1. The molecule has 1 heterocycles. The number of nitrogens with one attached hydrogen (secondary N) is 1. The van der Waals surface area contributed by atoms with Crippen molar-refractivity contribution < 1.29 is 18.7 Å². The first-order valence-electron chi connectivity index (χ1n) is 9.21. The highest BCUT2D eigenvalue weighted by molar-refractivity contribution is 6.32. The summed E-state index contributed by atoms with van der Waals surface area (Å²) in [5.41, 5.74) is 0.928. The van der Waals surface area contributed by atoms with E-state index in [2.05, 4.69) is 10.3 Å². The summed E-state index contributed by atoms with van der Waals surface area (Å²) in [4.78, 5) is 16.6. The van der Waals surface area contributed by atoms with Crippen LogP contribution < -0.4 is 14.8 Å². The molecule has 0 unspecified atom stereocenters. The van der Waals surface area contributed by atoms with E-state index in [-0.39, 0.29) is 10.6 Å². The first-order valence-corrected chi connectivity index (χ1v) is 9.59. The lowest BCUT2D eigenvalue weighted by molar-refractivity contribution is 0.102. The molecule has 1 N–H and O–H groups in total. The number of carbonyl (C=O) groups is 1. The molecule has 0 aliphatic carbocycles. The Labute approximate surface area is 173 Å². The lowest BCUT2D eigenvalue weighted by Crippen LogP contribution is -2.13. The molecule has 2 aromatic carbocycles. The summed E-state index contributed by atoms with van der Waals surface area (Å²) in [7, 11) is 0. The number of hydrogen-bond acceptors (Lipinski definition) is 4. The van der Waals surface area contributed by atoms with E-state index >= 15 is 0 Å². The summed E-state index contributed by atoms with van der Waals surface area (Å²) < 4.78 is 27.2. The Bertz CT molecular complexity index is 993. The van der Waals surface area contributed by atoms with Gasteiger partial charge >= 0.3 is 0 Å². The van der Waals surface area contributed by atoms with E-state index in [1.807, 2.05) is 13.8 Å². The maximum atomic E-state index is 14.4. The Morgan fingerprint density at radius 2 is 2.07 bits per heavy atom. The molecule has 29 heavy (non-hydrogen) atoms. The van der Waals surface area contributed by atoms with E-state index in [0.717, 1.165) is 6.42 Å². The van der Waals surface area contributed by atoms with E-state index in [4.69, 9.17) is 21.1 Å². The zero-order chi connectivity index (χ0) is 20.8. The number of ether oxygens (including phenoxy) is 2. The predicted molar refractivity (Wildman–Crippen MR) is 110 cm³/mol. The topological polar surface area (TPSA) is 65.4 Å². The van der Waals surface area contributed by atoms with Gasteiger partial charge in [0.05, 0.1) is 30.3 Å². The van der Waals surface area contributed by atoms with Crippen LogP contribution in [-0.4, -0.2) is 28.7 Å². The number of benzene rings is 2. The van der Waals surface area contributed by atoms with Gasteiger partial charge in [-0.05, 0) is 43.7 Å². The van der Waals surface area contributed by atoms with Crippen molar-refractivity contribution in [2.45, 2.75) is 20.3 Å². The molecule has 0 aliphatic rings. The van der Waals surface area contributed by atoms with Gasteiger partial charge < -0.3 is 19.4 Å². The number of nitrogens with zero attached hydrogens (tertiary/aromatic N) is 2. The highest BCUT2D eigenvalue weighted by Gasteiger charge is 2.17. The van der Waals surface area contributed by atoms with Crippen molar-refractivity contribution in [2.24, 2.45) is 0 Å². The Hall–Kier alpha value is -3.06. The summed E-state index contributed by atoms with van der Waals surface area (Å²) in [5.74, 6) is -0.135. The number of carbonyl (C=O) groups excluding carboxylic acids is 1. The number of hydrogen-bond donors (Lipinski definition) is 1. The van der Waals surface area contributed by atoms with Crippen LogP contribution in [0.2, 0.25) is 5.02 Å². The maximum Gasteiger partial charge on any atom is 0.255 e. The average molecular weight is 418 g/mol. The summed E-state index contributed by atoms with van der Waals surface area (Å²) in [6.45, 7) is 4.68. The van der Waals surface area contributed by atoms with E-state index in [1.165, 1.54) is 18.5 Å². The van der Waals surface area contributed by atoms with Crippen LogP contribution in [-0.2, 0) is 0 Å². The fourth-order valence-electron chi connectivity index (χ4n) is 2.71. The van der Waals surface area contributed by atoms with Crippen LogP contribution in [0.1, 0.15) is 30.6 Å². The molecule has 3 aromatic rings. The number of anilines is 1. The van der Waals surface area contributed by atoms with Crippen molar-refractivity contribution in [2.75, 3.05) is 18.5 Å². The Kier molecular flexibility index (Phi) is 6.72. The van der Waals surface area contributed by atoms with Crippen LogP contribution >= 0.6 is 11.6 Å². The second kappa shape index (κ2) is 9.43. The summed E-state index contributed by atoms with van der Waals surface area (Å²) in [5, 5.41) is 2.95. The number of amides is 1. The van der Waals surface area contributed by atoms with E-state index in [0.29, 0.717) is 36.1 Å². The molecule has 152 valence electrons. The maximum absolute atomic E-state index is 14.4. The standard InChI is InChI=1S/C21H21ClFN3O3/c1-3-9-29-20-16(22)10-14(11-19(20)28-4-2)21(27)25-15-5-6-18(17(23)12-15)26-8-7-24-13-26/h5-8,10-13H,3-4,9H2,1-2H3,(H,25,27). The molecular weight excluding hydrogens is 397 g/mol. The number of rotatable bonds is 8. The summed E-state index contributed by atoms with van der Waals surface area (Å²) in [6, 6.07) is 7.48. The zero-order valence-electron chi connectivity index (χ0n) is 16.1. The molecule has 8 heteroatoms. The average Bonchev–Trinajstić information content (AvgIpc) is 3.22. The molecule has 6 nitrogen and oxygen atoms in total. The lowest BCUT2D eigenvalue weighted by Gasteiger charge is -2.15. The zero-order valence-corrected chi connectivity index (χ0v) is 16.9. The Morgan fingerprint density at radius 1 is 1.24 bits per heavy atom. The van der Waals surface area contributed by atoms with Gasteiger partial charge in [0.15, 0.2) is 11.5 Å². The second-order valence-electron chi connectivity index (χ2n) is 6.16. The smallest absolute Gasteiger partial charge is 0.255 e. The molecule has 0 radical (unpaired) electrons. The van der Waals surface area contributed by atoms with Crippen LogP contribution in [0.5, 0.6) is 11.5 Å². The molecule has 0 aliphatic heterocycles. The third-order valence-electron chi connectivity index (χ3n) is 4.01. The largest absolute Gasteiger partial charge is 0.490 e. The Balaban J connectivity index is 1.82. The van der Waals surface area contributed by atoms with Gasteiger partial charge in [-0.3, -0.25) is 4.79 Å². The van der Waals surface area contributed by atoms with Crippen molar-refractivity contribution in [3.63, 3.8) is 0 Å². The van der Waals surface area contributed by atoms with Gasteiger partial charge in [-0.25, -0.2) is 9.37 Å². The molecule has 1 amide bonds. The lowest BCUT2D eigenvalue weighted by atomic mass is 10.1. The van der Waals surface area contributed by atoms with Gasteiger partial charge in [0, 0.05) is 23.6 Å². The number of halogens is 2. The van der Waals surface area contributed by atoms with Crippen molar-refractivity contribution in [1.29, 1.82) is 0 Å². The second-order valence-corrected chi connectivity index (χ2v) is 6.56. The van der Waals surface area contributed by atoms with Gasteiger partial charge in [0.1, 0.15) is 5.82 Å². The van der Waals surface area contributed by atoms with Crippen molar-refractivity contribution >= 4 is 23.2 Å². The van der Waals surface area contributed by atoms with E-state index in [1.54, 1.807) is 35.2 Å². The minimum Gasteiger partial charge on any atom is -0.490 e. The van der Waals surface area contributed by atoms with Gasteiger partial charge in [-0.2, -0.15) is 0 Å². The van der Waals surface area contributed by atoms with Crippen LogP contribution in [0.25, 0.3) is 5.69 Å².